The third-order valence-electron chi connectivity index (χ3n) is 15.0. The number of rotatable bonds is 62. The van der Waals surface area contributed by atoms with E-state index in [2.05, 4.69) is 38.2 Å². The largest absolute Gasteiger partial charge is 0.472 e. The van der Waals surface area contributed by atoms with E-state index in [1.807, 2.05) is 21.1 Å². The lowest BCUT2D eigenvalue weighted by Crippen LogP contribution is -2.37. The molecule has 2 unspecified atom stereocenters. The summed E-state index contributed by atoms with van der Waals surface area (Å²) in [4.78, 5) is 35.8. The van der Waals surface area contributed by atoms with Crippen LogP contribution in [0.15, 0.2) is 24.3 Å². The monoisotopic (exact) mass is 1090 g/mol. The van der Waals surface area contributed by atoms with Crippen LogP contribution < -0.4 is 0 Å². The number of phosphoric ester groups is 1. The van der Waals surface area contributed by atoms with E-state index in [1.54, 1.807) is 0 Å². The summed E-state index contributed by atoms with van der Waals surface area (Å²) in [6, 6.07) is 0. The van der Waals surface area contributed by atoms with Crippen molar-refractivity contribution in [1.82, 2.24) is 0 Å². The second-order valence-corrected chi connectivity index (χ2v) is 25.3. The summed E-state index contributed by atoms with van der Waals surface area (Å²) in [6.45, 7) is 4.49. The quantitative estimate of drug-likeness (QED) is 0.0211. The number of nitrogens with zero attached hydrogens (tertiary/aromatic N) is 1. The van der Waals surface area contributed by atoms with Gasteiger partial charge in [-0.2, -0.15) is 0 Å². The maximum Gasteiger partial charge on any atom is 0.472 e. The Morgan fingerprint density at radius 3 is 1.04 bits per heavy atom. The molecule has 0 aliphatic carbocycles. The number of unbranched alkanes of at least 4 members (excludes halogenated alkanes) is 44. The van der Waals surface area contributed by atoms with E-state index in [1.165, 1.54) is 263 Å². The minimum atomic E-state index is -4.39. The van der Waals surface area contributed by atoms with Crippen LogP contribution in [0.5, 0.6) is 0 Å². The van der Waals surface area contributed by atoms with Crippen molar-refractivity contribution in [3.63, 3.8) is 0 Å². The molecular weight excluding hydrogens is 966 g/mol. The Morgan fingerprint density at radius 1 is 0.408 bits per heavy atom. The molecule has 0 amide bonds. The molecule has 1 N–H and O–H groups in total. The fourth-order valence-electron chi connectivity index (χ4n) is 9.87. The van der Waals surface area contributed by atoms with Crippen molar-refractivity contribution in [3.05, 3.63) is 24.3 Å². The first-order chi connectivity index (χ1) is 37.0. The minimum absolute atomic E-state index is 0.0351. The molecule has 0 rings (SSSR count). The Labute approximate surface area is 472 Å². The second-order valence-electron chi connectivity index (χ2n) is 23.9. The second kappa shape index (κ2) is 58.2. The fraction of sp³-hybridized carbons (Fsp3) is 0.909. The lowest BCUT2D eigenvalue weighted by atomic mass is 10.0. The molecule has 0 bridgehead atoms. The number of carbonyl (C=O) groups is 2. The van der Waals surface area contributed by atoms with E-state index in [9.17, 15) is 19.0 Å². The molecule has 0 aromatic carbocycles. The number of esters is 2. The van der Waals surface area contributed by atoms with Crippen LogP contribution in [-0.2, 0) is 32.7 Å². The van der Waals surface area contributed by atoms with Crippen LogP contribution in [0.2, 0.25) is 0 Å². The molecule has 76 heavy (non-hydrogen) atoms. The van der Waals surface area contributed by atoms with Crippen molar-refractivity contribution in [2.75, 3.05) is 47.5 Å². The number of phosphoric acid groups is 1. The maximum atomic E-state index is 12.9. The predicted octanol–water partition coefficient (Wildman–Crippen LogP) is 20.9. The molecule has 0 aromatic heterocycles. The van der Waals surface area contributed by atoms with Gasteiger partial charge >= 0.3 is 19.8 Å². The summed E-state index contributed by atoms with van der Waals surface area (Å²) >= 11 is 0. The van der Waals surface area contributed by atoms with Crippen molar-refractivity contribution in [1.29, 1.82) is 0 Å². The molecule has 0 saturated carbocycles. The zero-order chi connectivity index (χ0) is 55.6. The van der Waals surface area contributed by atoms with Gasteiger partial charge in [0.1, 0.15) is 19.8 Å². The molecule has 2 atom stereocenters. The van der Waals surface area contributed by atoms with E-state index in [0.717, 1.165) is 38.5 Å². The van der Waals surface area contributed by atoms with Crippen molar-refractivity contribution < 1.29 is 42.1 Å². The number of hydrogen-bond donors (Lipinski definition) is 1. The van der Waals surface area contributed by atoms with Crippen LogP contribution in [0.1, 0.15) is 335 Å². The fourth-order valence-corrected chi connectivity index (χ4v) is 10.6. The zero-order valence-electron chi connectivity index (χ0n) is 51.3. The molecule has 0 saturated heterocycles. The molecule has 0 fully saturated rings. The minimum Gasteiger partial charge on any atom is -0.462 e. The van der Waals surface area contributed by atoms with Crippen molar-refractivity contribution in [3.8, 4) is 0 Å². The molecule has 450 valence electrons. The van der Waals surface area contributed by atoms with Crippen LogP contribution >= 0.6 is 7.82 Å². The molecular formula is C66H129NO8P+. The maximum absolute atomic E-state index is 12.9. The third kappa shape index (κ3) is 61.7. The lowest BCUT2D eigenvalue weighted by molar-refractivity contribution is -0.870. The van der Waals surface area contributed by atoms with Gasteiger partial charge in [0.25, 0.3) is 0 Å². The normalized spacial score (nSPS) is 13.3. The van der Waals surface area contributed by atoms with E-state index >= 15 is 0 Å². The number of likely N-dealkylation sites (N-methyl/N-ethyl adjacent to an activating group) is 1. The topological polar surface area (TPSA) is 108 Å². The van der Waals surface area contributed by atoms with Gasteiger partial charge in [-0.1, -0.05) is 301 Å². The highest BCUT2D eigenvalue weighted by Crippen LogP contribution is 2.43. The predicted molar refractivity (Wildman–Crippen MR) is 326 cm³/mol. The van der Waals surface area contributed by atoms with E-state index in [-0.39, 0.29) is 25.6 Å². The Balaban J connectivity index is 4.04. The Morgan fingerprint density at radius 2 is 0.711 bits per heavy atom. The van der Waals surface area contributed by atoms with Crippen molar-refractivity contribution in [2.24, 2.45) is 0 Å². The summed E-state index contributed by atoms with van der Waals surface area (Å²) < 4.78 is 34.7. The molecule has 0 aliphatic heterocycles. The van der Waals surface area contributed by atoms with Crippen LogP contribution in [0.25, 0.3) is 0 Å². The molecule has 0 heterocycles. The van der Waals surface area contributed by atoms with Crippen LogP contribution in [0.4, 0.5) is 0 Å². The van der Waals surface area contributed by atoms with Crippen LogP contribution in [0, 0.1) is 0 Å². The van der Waals surface area contributed by atoms with Crippen molar-refractivity contribution in [2.45, 2.75) is 341 Å². The van der Waals surface area contributed by atoms with Gasteiger partial charge in [-0.05, 0) is 44.9 Å². The van der Waals surface area contributed by atoms with Gasteiger partial charge in [-0.15, -0.1) is 0 Å². The lowest BCUT2D eigenvalue weighted by Gasteiger charge is -2.24. The van der Waals surface area contributed by atoms with Crippen LogP contribution in [0.3, 0.4) is 0 Å². The number of ether oxygens (including phenoxy) is 2. The standard InChI is InChI=1S/C66H128NO8P/c1-6-8-10-12-14-16-18-20-22-24-26-28-30-32-33-35-37-39-41-43-45-47-49-51-53-55-57-59-66(69)75-64(63-74-76(70,71)73-61-60-67(3,4)5)62-72-65(68)58-56-54-52-50-48-46-44-42-40-38-36-34-31-29-27-25-23-21-19-17-15-13-11-9-7-2/h18,20,24,26,64H,6-17,19,21-23,25,27-63H2,1-5H3/p+1/b20-18-,26-24-. The molecule has 10 heteroatoms. The first-order valence-corrected chi connectivity index (χ1v) is 34.6. The number of hydrogen-bond acceptors (Lipinski definition) is 7. The molecule has 9 nitrogen and oxygen atoms in total. The van der Waals surface area contributed by atoms with E-state index in [0.29, 0.717) is 23.9 Å². The van der Waals surface area contributed by atoms with E-state index < -0.39 is 26.5 Å². The summed E-state index contributed by atoms with van der Waals surface area (Å²) in [5.74, 6) is -0.776. The van der Waals surface area contributed by atoms with Gasteiger partial charge in [0, 0.05) is 12.8 Å². The average molecular weight is 1100 g/mol. The summed E-state index contributed by atoms with van der Waals surface area (Å²) in [6.07, 6.45) is 71.2. The molecule has 0 radical (unpaired) electrons. The van der Waals surface area contributed by atoms with Gasteiger partial charge in [0.2, 0.25) is 0 Å². The summed E-state index contributed by atoms with van der Waals surface area (Å²) in [5.41, 5.74) is 0. The van der Waals surface area contributed by atoms with Crippen molar-refractivity contribution >= 4 is 19.8 Å². The average Bonchev–Trinajstić information content (AvgIpc) is 3.38. The summed E-state index contributed by atoms with van der Waals surface area (Å²) in [7, 11) is 1.50. The zero-order valence-corrected chi connectivity index (χ0v) is 52.2. The molecule has 0 spiro atoms. The first kappa shape index (κ1) is 74.5. The van der Waals surface area contributed by atoms with Gasteiger partial charge in [0.15, 0.2) is 6.10 Å². The Bertz CT molecular complexity index is 1330. The van der Waals surface area contributed by atoms with E-state index in [4.69, 9.17) is 18.5 Å². The highest BCUT2D eigenvalue weighted by molar-refractivity contribution is 7.47. The van der Waals surface area contributed by atoms with Gasteiger partial charge in [-0.3, -0.25) is 18.6 Å². The van der Waals surface area contributed by atoms with Gasteiger partial charge in [-0.25, -0.2) is 4.57 Å². The number of allylic oxidation sites excluding steroid dienone is 4. The third-order valence-corrected chi connectivity index (χ3v) is 16.0. The SMILES string of the molecule is CCCCCCC/C=C\C/C=C\CCCCCCCCCCCCCCCCCC(=O)OC(COC(=O)CCCCCCCCCCCCCCCCCCCCCCCCCCC)COP(=O)(O)OCC[N+](C)(C)C. The number of quaternary nitrogens is 1. The number of carbonyl (C=O) groups excluding carboxylic acids is 2. The molecule has 0 aliphatic rings. The highest BCUT2D eigenvalue weighted by atomic mass is 31.2. The van der Waals surface area contributed by atoms with Gasteiger partial charge < -0.3 is 18.9 Å². The Kier molecular flexibility index (Phi) is 57.0. The first-order valence-electron chi connectivity index (χ1n) is 33.1. The smallest absolute Gasteiger partial charge is 0.462 e. The Hall–Kier alpha value is -1.51. The van der Waals surface area contributed by atoms with Crippen LogP contribution in [-0.4, -0.2) is 74.9 Å². The summed E-state index contributed by atoms with van der Waals surface area (Å²) in [5, 5.41) is 0. The highest BCUT2D eigenvalue weighted by Gasteiger charge is 2.27. The molecule has 0 aromatic rings. The van der Waals surface area contributed by atoms with Gasteiger partial charge in [0.05, 0.1) is 27.7 Å².